The number of benzene rings is 1. The number of nitrogens with two attached hydrogens (primary N) is 1. The molecule has 0 heterocycles. The maximum atomic E-state index is 6.07. The Morgan fingerprint density at radius 2 is 1.83 bits per heavy atom. The van der Waals surface area contributed by atoms with E-state index in [1.54, 1.807) is 0 Å². The third-order valence-corrected chi connectivity index (χ3v) is 5.45. The lowest BCUT2D eigenvalue weighted by molar-refractivity contribution is 0.381. The summed E-state index contributed by atoms with van der Waals surface area (Å²) in [5.41, 5.74) is 8.06. The van der Waals surface area contributed by atoms with Crippen molar-refractivity contribution in [3.05, 3.63) is 26.6 Å². The first-order valence-electron chi connectivity index (χ1n) is 6.17. The van der Waals surface area contributed by atoms with Gasteiger partial charge in [0.05, 0.1) is 5.69 Å². The zero-order valence-corrected chi connectivity index (χ0v) is 14.8. The number of halogens is 3. The summed E-state index contributed by atoms with van der Waals surface area (Å²) in [6.45, 7) is 0.835. The summed E-state index contributed by atoms with van der Waals surface area (Å²) in [7, 11) is 0. The SMILES string of the molecule is Nc1c(Br)cc(Br)cc1CNC1CCC(Br)CC1. The van der Waals surface area contributed by atoms with Crippen LogP contribution >= 0.6 is 47.8 Å². The predicted molar refractivity (Wildman–Crippen MR) is 88.1 cm³/mol. The first-order chi connectivity index (χ1) is 8.56. The lowest BCUT2D eigenvalue weighted by atomic mass is 9.95. The molecule has 100 valence electrons. The highest BCUT2D eigenvalue weighted by Crippen LogP contribution is 2.29. The van der Waals surface area contributed by atoms with E-state index in [1.807, 2.05) is 6.07 Å². The predicted octanol–water partition coefficient (Wildman–Crippen LogP) is 4.59. The van der Waals surface area contributed by atoms with Crippen LogP contribution in [-0.4, -0.2) is 10.9 Å². The van der Waals surface area contributed by atoms with Crippen molar-refractivity contribution in [1.29, 1.82) is 0 Å². The monoisotopic (exact) mass is 438 g/mol. The molecule has 3 N–H and O–H groups in total. The standard InChI is InChI=1S/C13H17Br3N2/c14-9-1-3-11(4-2-9)18-7-8-5-10(15)6-12(16)13(8)17/h5-6,9,11,18H,1-4,7,17H2. The molecule has 0 atom stereocenters. The van der Waals surface area contributed by atoms with Crippen LogP contribution in [0.25, 0.3) is 0 Å². The first-order valence-corrected chi connectivity index (χ1v) is 8.67. The van der Waals surface area contributed by atoms with Crippen LogP contribution < -0.4 is 11.1 Å². The van der Waals surface area contributed by atoms with E-state index in [-0.39, 0.29) is 0 Å². The quantitative estimate of drug-likeness (QED) is 0.533. The van der Waals surface area contributed by atoms with Gasteiger partial charge in [-0.3, -0.25) is 0 Å². The van der Waals surface area contributed by atoms with E-state index in [9.17, 15) is 0 Å². The molecule has 0 aliphatic heterocycles. The van der Waals surface area contributed by atoms with Crippen LogP contribution in [0.3, 0.4) is 0 Å². The lowest BCUT2D eigenvalue weighted by Gasteiger charge is -2.26. The first kappa shape index (κ1) is 14.8. The fraction of sp³-hybridized carbons (Fsp3) is 0.538. The molecule has 5 heteroatoms. The van der Waals surface area contributed by atoms with Crippen LogP contribution in [0.2, 0.25) is 0 Å². The van der Waals surface area contributed by atoms with Gasteiger partial charge in [-0.1, -0.05) is 31.9 Å². The molecule has 1 aliphatic carbocycles. The highest BCUT2D eigenvalue weighted by Gasteiger charge is 2.18. The van der Waals surface area contributed by atoms with Gasteiger partial charge in [0.1, 0.15) is 0 Å². The number of hydrogen-bond donors (Lipinski definition) is 2. The van der Waals surface area contributed by atoms with Gasteiger partial charge in [-0.15, -0.1) is 0 Å². The van der Waals surface area contributed by atoms with E-state index in [4.69, 9.17) is 5.73 Å². The van der Waals surface area contributed by atoms with Crippen molar-refractivity contribution in [2.24, 2.45) is 0 Å². The maximum absolute atomic E-state index is 6.07. The normalized spacial score (nSPS) is 24.2. The summed E-state index contributed by atoms with van der Waals surface area (Å²) in [5.74, 6) is 0. The van der Waals surface area contributed by atoms with Crippen LogP contribution in [0.15, 0.2) is 21.1 Å². The van der Waals surface area contributed by atoms with Gasteiger partial charge in [0.2, 0.25) is 0 Å². The van der Waals surface area contributed by atoms with Crippen molar-refractivity contribution < 1.29 is 0 Å². The molecule has 18 heavy (non-hydrogen) atoms. The minimum Gasteiger partial charge on any atom is -0.398 e. The smallest absolute Gasteiger partial charge is 0.0504 e. The van der Waals surface area contributed by atoms with Crippen molar-refractivity contribution in [1.82, 2.24) is 5.32 Å². The van der Waals surface area contributed by atoms with Gasteiger partial charge < -0.3 is 11.1 Å². The molecule has 1 aromatic carbocycles. The van der Waals surface area contributed by atoms with E-state index >= 15 is 0 Å². The molecule has 0 aromatic heterocycles. The Morgan fingerprint density at radius 1 is 1.17 bits per heavy atom. The Hall–Kier alpha value is 0.420. The van der Waals surface area contributed by atoms with Crippen LogP contribution in [0.1, 0.15) is 31.2 Å². The number of nitrogen functional groups attached to an aromatic ring is 1. The molecule has 0 unspecified atom stereocenters. The Bertz CT molecular complexity index is 415. The zero-order valence-electron chi connectivity index (χ0n) is 10.1. The minimum atomic E-state index is 0.621. The number of rotatable bonds is 3. The van der Waals surface area contributed by atoms with Crippen LogP contribution in [-0.2, 0) is 6.54 Å². The van der Waals surface area contributed by atoms with Gasteiger partial charge in [-0.2, -0.15) is 0 Å². The van der Waals surface area contributed by atoms with Gasteiger partial charge in [-0.05, 0) is 59.3 Å². The third kappa shape index (κ3) is 3.95. The largest absolute Gasteiger partial charge is 0.398 e. The van der Waals surface area contributed by atoms with Crippen molar-refractivity contribution in [3.8, 4) is 0 Å². The second-order valence-corrected chi connectivity index (χ2v) is 7.86. The van der Waals surface area contributed by atoms with E-state index in [2.05, 4.69) is 59.2 Å². The molecule has 1 aromatic rings. The van der Waals surface area contributed by atoms with Gasteiger partial charge in [0.15, 0.2) is 0 Å². The summed E-state index contributed by atoms with van der Waals surface area (Å²) >= 11 is 10.7. The average molecular weight is 441 g/mol. The number of hydrogen-bond acceptors (Lipinski definition) is 2. The lowest BCUT2D eigenvalue weighted by Crippen LogP contribution is -2.33. The van der Waals surface area contributed by atoms with Gasteiger partial charge >= 0.3 is 0 Å². The second-order valence-electron chi connectivity index (χ2n) is 4.79. The Morgan fingerprint density at radius 3 is 2.50 bits per heavy atom. The highest BCUT2D eigenvalue weighted by atomic mass is 79.9. The molecule has 0 amide bonds. The molecule has 0 spiro atoms. The number of nitrogens with one attached hydrogen (secondary N) is 1. The van der Waals surface area contributed by atoms with Crippen LogP contribution in [0.4, 0.5) is 5.69 Å². The summed E-state index contributed by atoms with van der Waals surface area (Å²) in [4.78, 5) is 0.709. The van der Waals surface area contributed by atoms with Crippen LogP contribution in [0, 0.1) is 0 Å². The molecular formula is C13H17Br3N2. The van der Waals surface area contributed by atoms with Crippen molar-refractivity contribution in [2.75, 3.05) is 5.73 Å². The van der Waals surface area contributed by atoms with Gasteiger partial charge in [0.25, 0.3) is 0 Å². The topological polar surface area (TPSA) is 38.0 Å². The Kier molecular flexibility index (Phi) is 5.54. The second kappa shape index (κ2) is 6.73. The third-order valence-electron chi connectivity index (χ3n) is 3.42. The van der Waals surface area contributed by atoms with E-state index < -0.39 is 0 Å². The van der Waals surface area contributed by atoms with Crippen molar-refractivity contribution in [2.45, 2.75) is 43.1 Å². The van der Waals surface area contributed by atoms with Crippen molar-refractivity contribution >= 4 is 53.5 Å². The van der Waals surface area contributed by atoms with E-state index in [0.29, 0.717) is 10.9 Å². The summed E-state index contributed by atoms with van der Waals surface area (Å²) < 4.78 is 2.02. The molecule has 0 bridgehead atoms. The molecule has 1 fully saturated rings. The number of alkyl halides is 1. The maximum Gasteiger partial charge on any atom is 0.0504 e. The van der Waals surface area contributed by atoms with E-state index in [1.165, 1.54) is 25.7 Å². The Balaban J connectivity index is 1.94. The summed E-state index contributed by atoms with van der Waals surface area (Å²) in [5, 5.41) is 3.61. The molecule has 0 saturated heterocycles. The van der Waals surface area contributed by atoms with Crippen LogP contribution in [0.5, 0.6) is 0 Å². The average Bonchev–Trinajstić information content (AvgIpc) is 2.34. The van der Waals surface area contributed by atoms with E-state index in [0.717, 1.165) is 26.7 Å². The van der Waals surface area contributed by atoms with Gasteiger partial charge in [0, 0.05) is 26.4 Å². The molecule has 1 saturated carbocycles. The Labute approximate surface area is 133 Å². The zero-order chi connectivity index (χ0) is 13.1. The molecule has 0 radical (unpaired) electrons. The summed E-state index contributed by atoms with van der Waals surface area (Å²) in [6.07, 6.45) is 5.00. The fourth-order valence-corrected chi connectivity index (χ4v) is 4.14. The molecule has 2 nitrogen and oxygen atoms in total. The minimum absolute atomic E-state index is 0.621. The highest BCUT2D eigenvalue weighted by molar-refractivity contribution is 9.11. The summed E-state index contributed by atoms with van der Waals surface area (Å²) in [6, 6.07) is 4.69. The van der Waals surface area contributed by atoms with Gasteiger partial charge in [-0.25, -0.2) is 0 Å². The number of anilines is 1. The molecule has 1 aliphatic rings. The molecular weight excluding hydrogens is 424 g/mol. The molecule has 2 rings (SSSR count). The fourth-order valence-electron chi connectivity index (χ4n) is 2.30. The van der Waals surface area contributed by atoms with Crippen molar-refractivity contribution in [3.63, 3.8) is 0 Å².